The minimum absolute atomic E-state index is 0.176. The van der Waals surface area contributed by atoms with Crippen LogP contribution in [0.1, 0.15) is 44.7 Å². The fourth-order valence-corrected chi connectivity index (χ4v) is 3.47. The van der Waals surface area contributed by atoms with Crippen LogP contribution in [0.2, 0.25) is 10.0 Å². The fourth-order valence-electron chi connectivity index (χ4n) is 3.00. The van der Waals surface area contributed by atoms with Gasteiger partial charge in [0.25, 0.3) is 5.91 Å². The van der Waals surface area contributed by atoms with E-state index in [0.29, 0.717) is 27.9 Å². The topological polar surface area (TPSA) is 58.6 Å². The Bertz CT molecular complexity index is 872. The highest BCUT2D eigenvalue weighted by atomic mass is 35.5. The highest BCUT2D eigenvalue weighted by molar-refractivity contribution is 6.35. The summed E-state index contributed by atoms with van der Waals surface area (Å²) in [6.45, 7) is 6.41. The first-order valence-electron chi connectivity index (χ1n) is 10.6. The van der Waals surface area contributed by atoms with Crippen LogP contribution in [-0.2, 0) is 22.6 Å². The van der Waals surface area contributed by atoms with E-state index >= 15 is 0 Å². The molecule has 0 aliphatic carbocycles. The second-order valence-electron chi connectivity index (χ2n) is 7.36. The summed E-state index contributed by atoms with van der Waals surface area (Å²) in [5.74, 6) is 0.0954. The molecule has 2 amide bonds. The lowest BCUT2D eigenvalue weighted by molar-refractivity contribution is -0.142. The minimum Gasteiger partial charge on any atom is -0.484 e. The number of hydrogen-bond acceptors (Lipinski definition) is 3. The van der Waals surface area contributed by atoms with Gasteiger partial charge in [-0.25, -0.2) is 0 Å². The molecule has 0 spiro atoms. The molecule has 0 saturated heterocycles. The molecule has 0 heterocycles. The first-order chi connectivity index (χ1) is 14.8. The Balaban J connectivity index is 2.14. The molecule has 0 bridgehead atoms. The number of carbonyl (C=O) groups is 2. The normalized spacial score (nSPS) is 11.6. The quantitative estimate of drug-likeness (QED) is 0.460. The lowest BCUT2D eigenvalue weighted by atomic mass is 10.1. The summed E-state index contributed by atoms with van der Waals surface area (Å²) >= 11 is 12.3. The van der Waals surface area contributed by atoms with Gasteiger partial charge in [-0.1, -0.05) is 61.7 Å². The number of unbranched alkanes of at least 4 members (excludes halogenated alkanes) is 1. The summed E-state index contributed by atoms with van der Waals surface area (Å²) in [6, 6.07) is 12.0. The molecule has 0 fully saturated rings. The molecular weight excluding hydrogens is 435 g/mol. The summed E-state index contributed by atoms with van der Waals surface area (Å²) in [4.78, 5) is 27.2. The van der Waals surface area contributed by atoms with Crippen molar-refractivity contribution in [2.75, 3.05) is 13.2 Å². The molecule has 0 saturated carbocycles. The van der Waals surface area contributed by atoms with Gasteiger partial charge >= 0.3 is 0 Å². The van der Waals surface area contributed by atoms with E-state index in [1.807, 2.05) is 24.3 Å². The SMILES string of the molecule is CCCCNC(=O)[C@H](C)N(Cc1ccc(Cl)cc1Cl)C(=O)COc1ccc(CC)cc1. The maximum absolute atomic E-state index is 13.0. The van der Waals surface area contributed by atoms with E-state index in [0.717, 1.165) is 19.3 Å². The Labute approximate surface area is 194 Å². The third-order valence-electron chi connectivity index (χ3n) is 5.05. The second kappa shape index (κ2) is 12.6. The molecule has 5 nitrogen and oxygen atoms in total. The van der Waals surface area contributed by atoms with Crippen molar-refractivity contribution in [3.8, 4) is 5.75 Å². The molecular formula is C24H30Cl2N2O3. The molecule has 0 aliphatic heterocycles. The number of ether oxygens (including phenoxy) is 1. The highest BCUT2D eigenvalue weighted by Gasteiger charge is 2.27. The van der Waals surface area contributed by atoms with Gasteiger partial charge in [0.15, 0.2) is 6.61 Å². The molecule has 0 unspecified atom stereocenters. The Morgan fingerprint density at radius 3 is 2.42 bits per heavy atom. The molecule has 0 aliphatic rings. The predicted octanol–water partition coefficient (Wildman–Crippen LogP) is 5.27. The number of nitrogens with zero attached hydrogens (tertiary/aromatic N) is 1. The molecule has 31 heavy (non-hydrogen) atoms. The number of carbonyl (C=O) groups excluding carboxylic acids is 2. The third-order valence-corrected chi connectivity index (χ3v) is 5.63. The summed E-state index contributed by atoms with van der Waals surface area (Å²) in [6.07, 6.45) is 2.79. The highest BCUT2D eigenvalue weighted by Crippen LogP contribution is 2.23. The van der Waals surface area contributed by atoms with Gasteiger partial charge in [0, 0.05) is 23.1 Å². The zero-order chi connectivity index (χ0) is 22.8. The first-order valence-corrected chi connectivity index (χ1v) is 11.3. The maximum Gasteiger partial charge on any atom is 0.261 e. The van der Waals surface area contributed by atoms with Crippen LogP contribution in [0.4, 0.5) is 0 Å². The van der Waals surface area contributed by atoms with Gasteiger partial charge in [0.1, 0.15) is 11.8 Å². The number of nitrogens with one attached hydrogen (secondary N) is 1. The van der Waals surface area contributed by atoms with Crippen molar-refractivity contribution >= 4 is 35.0 Å². The average molecular weight is 465 g/mol. The first kappa shape index (κ1) is 25.0. The van der Waals surface area contributed by atoms with Crippen LogP contribution >= 0.6 is 23.2 Å². The number of rotatable bonds is 11. The molecule has 1 N–H and O–H groups in total. The van der Waals surface area contributed by atoms with Crippen molar-refractivity contribution in [2.24, 2.45) is 0 Å². The van der Waals surface area contributed by atoms with Crippen molar-refractivity contribution in [1.82, 2.24) is 10.2 Å². The number of amides is 2. The minimum atomic E-state index is -0.679. The fraction of sp³-hybridized carbons (Fsp3) is 0.417. The number of halogens is 2. The molecule has 0 radical (unpaired) electrons. The lowest BCUT2D eigenvalue weighted by Crippen LogP contribution is -2.49. The van der Waals surface area contributed by atoms with Crippen molar-refractivity contribution in [3.63, 3.8) is 0 Å². The van der Waals surface area contributed by atoms with Crippen molar-refractivity contribution in [3.05, 3.63) is 63.6 Å². The zero-order valence-corrected chi connectivity index (χ0v) is 19.8. The standard InChI is InChI=1S/C24H30Cl2N2O3/c1-4-6-13-27-24(30)17(3)28(15-19-9-10-20(25)14-22(19)26)23(29)16-31-21-11-7-18(5-2)8-12-21/h7-12,14,17H,4-6,13,15-16H2,1-3H3,(H,27,30)/t17-/m0/s1. The Morgan fingerprint density at radius 1 is 1.10 bits per heavy atom. The molecule has 0 aromatic heterocycles. The summed E-state index contributed by atoms with van der Waals surface area (Å²) in [7, 11) is 0. The van der Waals surface area contributed by atoms with Gasteiger partial charge in [-0.2, -0.15) is 0 Å². The van der Waals surface area contributed by atoms with Crippen molar-refractivity contribution in [2.45, 2.75) is 52.6 Å². The van der Waals surface area contributed by atoms with Crippen molar-refractivity contribution < 1.29 is 14.3 Å². The number of benzene rings is 2. The Kier molecular flexibility index (Phi) is 10.2. The zero-order valence-electron chi connectivity index (χ0n) is 18.3. The molecule has 2 aromatic carbocycles. The molecule has 2 aromatic rings. The van der Waals surface area contributed by atoms with Gasteiger partial charge in [-0.15, -0.1) is 0 Å². The van der Waals surface area contributed by atoms with E-state index in [9.17, 15) is 9.59 Å². The van der Waals surface area contributed by atoms with Crippen LogP contribution in [0.5, 0.6) is 5.75 Å². The van der Waals surface area contributed by atoms with Crippen LogP contribution in [-0.4, -0.2) is 35.9 Å². The maximum atomic E-state index is 13.0. The number of hydrogen-bond donors (Lipinski definition) is 1. The summed E-state index contributed by atoms with van der Waals surface area (Å²) in [5.41, 5.74) is 1.90. The van der Waals surface area contributed by atoms with E-state index in [4.69, 9.17) is 27.9 Å². The lowest BCUT2D eigenvalue weighted by Gasteiger charge is -2.29. The van der Waals surface area contributed by atoms with Gasteiger partial charge in [0.05, 0.1) is 0 Å². The van der Waals surface area contributed by atoms with Crippen LogP contribution in [0.25, 0.3) is 0 Å². The van der Waals surface area contributed by atoms with Crippen LogP contribution in [0.15, 0.2) is 42.5 Å². The summed E-state index contributed by atoms with van der Waals surface area (Å²) in [5, 5.41) is 3.84. The third kappa shape index (κ3) is 7.75. The van der Waals surface area contributed by atoms with Gasteiger partial charge in [-0.05, 0) is 55.2 Å². The van der Waals surface area contributed by atoms with E-state index in [-0.39, 0.29) is 25.0 Å². The largest absolute Gasteiger partial charge is 0.484 e. The van der Waals surface area contributed by atoms with Crippen LogP contribution in [0.3, 0.4) is 0 Å². The van der Waals surface area contributed by atoms with Gasteiger partial charge in [0.2, 0.25) is 5.91 Å². The van der Waals surface area contributed by atoms with Gasteiger partial charge < -0.3 is 15.0 Å². The van der Waals surface area contributed by atoms with Crippen molar-refractivity contribution in [1.29, 1.82) is 0 Å². The Morgan fingerprint density at radius 2 is 1.81 bits per heavy atom. The predicted molar refractivity (Wildman–Crippen MR) is 126 cm³/mol. The molecule has 7 heteroatoms. The molecule has 1 atom stereocenters. The molecule has 168 valence electrons. The second-order valence-corrected chi connectivity index (χ2v) is 8.21. The van der Waals surface area contributed by atoms with Crippen LogP contribution < -0.4 is 10.1 Å². The smallest absolute Gasteiger partial charge is 0.261 e. The van der Waals surface area contributed by atoms with E-state index in [1.54, 1.807) is 25.1 Å². The number of aryl methyl sites for hydroxylation is 1. The van der Waals surface area contributed by atoms with E-state index in [1.165, 1.54) is 10.5 Å². The van der Waals surface area contributed by atoms with E-state index in [2.05, 4.69) is 19.2 Å². The summed E-state index contributed by atoms with van der Waals surface area (Å²) < 4.78 is 5.69. The van der Waals surface area contributed by atoms with Crippen LogP contribution in [0, 0.1) is 0 Å². The monoisotopic (exact) mass is 464 g/mol. The van der Waals surface area contributed by atoms with E-state index < -0.39 is 6.04 Å². The molecule has 2 rings (SSSR count). The average Bonchev–Trinajstić information content (AvgIpc) is 2.77. The Hall–Kier alpha value is -2.24. The van der Waals surface area contributed by atoms with Gasteiger partial charge in [-0.3, -0.25) is 9.59 Å².